The Morgan fingerprint density at radius 3 is 2.43 bits per heavy atom. The van der Waals surface area contributed by atoms with Gasteiger partial charge >= 0.3 is 5.69 Å². The molecule has 4 heterocycles. The largest absolute Gasteiger partial charge is 0.452 e. The second-order valence-electron chi connectivity index (χ2n) is 10.3. The van der Waals surface area contributed by atoms with Crippen LogP contribution in [0.1, 0.15) is 35.8 Å². The number of halogens is 2. The van der Waals surface area contributed by atoms with E-state index in [1.807, 2.05) is 0 Å². The van der Waals surface area contributed by atoms with Crippen LogP contribution in [0.4, 0.5) is 8.78 Å². The summed E-state index contributed by atoms with van der Waals surface area (Å²) in [6.07, 6.45) is 8.93. The maximum atomic E-state index is 15.3. The minimum absolute atomic E-state index is 0.0902. The molecule has 0 saturated heterocycles. The lowest BCUT2D eigenvalue weighted by molar-refractivity contribution is 0.0990. The third-order valence-electron chi connectivity index (χ3n) is 6.97. The van der Waals surface area contributed by atoms with E-state index in [2.05, 4.69) is 15.1 Å². The number of rotatable bonds is 8. The van der Waals surface area contributed by atoms with Crippen molar-refractivity contribution in [1.29, 1.82) is 0 Å². The van der Waals surface area contributed by atoms with Gasteiger partial charge in [0.15, 0.2) is 23.1 Å². The zero-order valence-corrected chi connectivity index (χ0v) is 23.5. The van der Waals surface area contributed by atoms with E-state index < -0.39 is 28.7 Å². The Labute approximate surface area is 248 Å². The Bertz CT molecular complexity index is 2140. The minimum Gasteiger partial charge on any atom is -0.452 e. The van der Waals surface area contributed by atoms with Gasteiger partial charge in [-0.05, 0) is 67.9 Å². The number of nitrogens with zero attached hydrogens (tertiary/aromatic N) is 6. The number of ketones is 1. The molecular weight excluding hydrogens is 570 g/mol. The highest BCUT2D eigenvalue weighted by Crippen LogP contribution is 2.32. The van der Waals surface area contributed by atoms with Gasteiger partial charge in [0.25, 0.3) is 5.56 Å². The van der Waals surface area contributed by atoms with Gasteiger partial charge in [-0.25, -0.2) is 22.7 Å². The molecule has 0 aliphatic carbocycles. The molecule has 12 heteroatoms. The van der Waals surface area contributed by atoms with Crippen LogP contribution in [0, 0.1) is 11.6 Å². The Balaban J connectivity index is 1.30. The van der Waals surface area contributed by atoms with Crippen molar-refractivity contribution in [2.24, 2.45) is 0 Å². The van der Waals surface area contributed by atoms with Crippen molar-refractivity contribution in [2.75, 3.05) is 0 Å². The third kappa shape index (κ3) is 5.40. The van der Waals surface area contributed by atoms with E-state index in [0.717, 1.165) is 22.8 Å². The summed E-state index contributed by atoms with van der Waals surface area (Å²) in [5, 5.41) is 4.26. The van der Waals surface area contributed by atoms with Gasteiger partial charge in [-0.3, -0.25) is 24.1 Å². The molecule has 0 bridgehead atoms. The average Bonchev–Trinajstić information content (AvgIpc) is 3.49. The highest BCUT2D eigenvalue weighted by Gasteiger charge is 2.21. The molecule has 0 N–H and O–H groups in total. The molecule has 0 spiro atoms. The molecule has 0 unspecified atom stereocenters. The van der Waals surface area contributed by atoms with Crippen LogP contribution in [-0.4, -0.2) is 34.5 Å². The molecule has 0 atom stereocenters. The topological polar surface area (TPSA) is 113 Å². The first-order valence-electron chi connectivity index (χ1n) is 13.6. The number of carbonyl (C=O) groups excluding carboxylic acids is 1. The Hall–Kier alpha value is -5.78. The quantitative estimate of drug-likeness (QED) is 0.223. The lowest BCUT2D eigenvalue weighted by atomic mass is 10.0. The number of aromatic nitrogens is 6. The lowest BCUT2D eigenvalue weighted by Gasteiger charge is -2.15. The van der Waals surface area contributed by atoms with Crippen LogP contribution in [0.25, 0.3) is 22.5 Å². The number of hydrogen-bond acceptors (Lipinski definition) is 7. The van der Waals surface area contributed by atoms with Gasteiger partial charge in [0.05, 0.1) is 23.8 Å². The van der Waals surface area contributed by atoms with Gasteiger partial charge in [0.2, 0.25) is 0 Å². The molecule has 4 aromatic heterocycles. The molecule has 2 aromatic carbocycles. The van der Waals surface area contributed by atoms with Crippen molar-refractivity contribution >= 4 is 11.3 Å². The summed E-state index contributed by atoms with van der Waals surface area (Å²) in [5.41, 5.74) is 0.452. The van der Waals surface area contributed by atoms with Crippen molar-refractivity contribution in [3.8, 4) is 28.4 Å². The van der Waals surface area contributed by atoms with Crippen LogP contribution in [0.5, 0.6) is 11.5 Å². The number of ether oxygens (including phenoxy) is 1. The third-order valence-corrected chi connectivity index (χ3v) is 6.97. The molecule has 220 valence electrons. The number of benzene rings is 2. The fourth-order valence-corrected chi connectivity index (χ4v) is 4.75. The fourth-order valence-electron chi connectivity index (χ4n) is 4.75. The average molecular weight is 595 g/mol. The summed E-state index contributed by atoms with van der Waals surface area (Å²) < 4.78 is 38.5. The van der Waals surface area contributed by atoms with Crippen LogP contribution >= 0.6 is 0 Å². The van der Waals surface area contributed by atoms with E-state index in [-0.39, 0.29) is 35.0 Å². The number of pyridine rings is 1. The Morgan fingerprint density at radius 1 is 0.932 bits per heavy atom. The van der Waals surface area contributed by atoms with E-state index in [9.17, 15) is 18.8 Å². The molecule has 0 amide bonds. The zero-order chi connectivity index (χ0) is 31.0. The lowest BCUT2D eigenvalue weighted by Crippen LogP contribution is -2.42. The standard InChI is InChI=1S/C32H24F2N6O4/c1-19(2)38-18-24(31(42)40(32(38)43)23-6-4-22(33)5-7-23)28(41)14-20-3-8-29(25(34)13-20)44-30-15-21(26-16-35-11-12-36-26)17-39-27(30)9-10-37-39/h3-13,15-19H,14H2,1-2H3. The predicted molar refractivity (Wildman–Crippen MR) is 157 cm³/mol. The monoisotopic (exact) mass is 594 g/mol. The SMILES string of the molecule is CC(C)n1cc(C(=O)Cc2ccc(Oc3cc(-c4cnccn4)cn4nccc34)c(F)c2)c(=O)n(-c2ccc(F)cc2)c1=O. The summed E-state index contributed by atoms with van der Waals surface area (Å²) in [7, 11) is 0. The van der Waals surface area contributed by atoms with Gasteiger partial charge in [-0.15, -0.1) is 0 Å². The highest BCUT2D eigenvalue weighted by molar-refractivity contribution is 5.97. The molecule has 0 aliphatic heterocycles. The van der Waals surface area contributed by atoms with Crippen molar-refractivity contribution in [3.05, 3.63) is 135 Å². The van der Waals surface area contributed by atoms with Gasteiger partial charge in [0, 0.05) is 42.8 Å². The number of carbonyl (C=O) groups is 1. The maximum Gasteiger partial charge on any atom is 0.335 e. The Kier molecular flexibility index (Phi) is 7.39. The van der Waals surface area contributed by atoms with E-state index in [1.165, 1.54) is 35.0 Å². The Morgan fingerprint density at radius 2 is 1.73 bits per heavy atom. The zero-order valence-electron chi connectivity index (χ0n) is 23.5. The summed E-state index contributed by atoms with van der Waals surface area (Å²) in [6.45, 7) is 3.45. The molecule has 0 saturated carbocycles. The van der Waals surface area contributed by atoms with Crippen LogP contribution in [0.2, 0.25) is 0 Å². The van der Waals surface area contributed by atoms with Crippen LogP contribution in [-0.2, 0) is 6.42 Å². The van der Waals surface area contributed by atoms with Gasteiger partial charge < -0.3 is 4.74 Å². The summed E-state index contributed by atoms with van der Waals surface area (Å²) in [5.74, 6) is -1.65. The first-order chi connectivity index (χ1) is 21.2. The molecule has 0 fully saturated rings. The predicted octanol–water partition coefficient (Wildman–Crippen LogP) is 5.18. The van der Waals surface area contributed by atoms with Gasteiger partial charge in [-0.1, -0.05) is 6.07 Å². The summed E-state index contributed by atoms with van der Waals surface area (Å²) in [4.78, 5) is 48.2. The smallest absolute Gasteiger partial charge is 0.335 e. The molecule has 6 aromatic rings. The molecule has 6 rings (SSSR count). The summed E-state index contributed by atoms with van der Waals surface area (Å²) >= 11 is 0. The maximum absolute atomic E-state index is 15.3. The first kappa shape index (κ1) is 28.3. The van der Waals surface area contributed by atoms with E-state index in [0.29, 0.717) is 22.5 Å². The van der Waals surface area contributed by atoms with E-state index in [4.69, 9.17) is 4.74 Å². The first-order valence-corrected chi connectivity index (χ1v) is 13.6. The second-order valence-corrected chi connectivity index (χ2v) is 10.3. The van der Waals surface area contributed by atoms with Crippen molar-refractivity contribution in [2.45, 2.75) is 26.3 Å². The molecule has 44 heavy (non-hydrogen) atoms. The van der Waals surface area contributed by atoms with E-state index >= 15 is 4.39 Å². The molecule has 10 nitrogen and oxygen atoms in total. The van der Waals surface area contributed by atoms with E-state index in [1.54, 1.807) is 61.5 Å². The molecule has 0 radical (unpaired) electrons. The minimum atomic E-state index is -0.850. The fraction of sp³-hybridized carbons (Fsp3) is 0.125. The highest BCUT2D eigenvalue weighted by atomic mass is 19.1. The van der Waals surface area contributed by atoms with Crippen LogP contribution in [0.3, 0.4) is 0 Å². The van der Waals surface area contributed by atoms with Crippen molar-refractivity contribution in [3.63, 3.8) is 0 Å². The van der Waals surface area contributed by atoms with Crippen LogP contribution < -0.4 is 16.0 Å². The number of fused-ring (bicyclic) bond motifs is 1. The summed E-state index contributed by atoms with van der Waals surface area (Å²) in [6, 6.07) is 11.9. The number of Topliss-reactive ketones (excluding diaryl/α,β-unsaturated/α-hetero) is 1. The molecule has 0 aliphatic rings. The van der Waals surface area contributed by atoms with Gasteiger partial charge in [-0.2, -0.15) is 5.10 Å². The van der Waals surface area contributed by atoms with Gasteiger partial charge in [0.1, 0.15) is 16.9 Å². The number of hydrogen-bond donors (Lipinski definition) is 0. The van der Waals surface area contributed by atoms with Crippen molar-refractivity contribution < 1.29 is 18.3 Å². The normalized spacial score (nSPS) is 11.3. The van der Waals surface area contributed by atoms with Crippen LogP contribution in [0.15, 0.2) is 101 Å². The molecular formula is C32H24F2N6O4. The second kappa shape index (κ2) is 11.5. The van der Waals surface area contributed by atoms with Crippen molar-refractivity contribution in [1.82, 2.24) is 28.7 Å².